The molecule has 2 atom stereocenters. The molecule has 0 bridgehead atoms. The monoisotopic (exact) mass is 180 g/mol. The Hall–Kier alpha value is -1.05. The van der Waals surface area contributed by atoms with E-state index in [-0.39, 0.29) is 11.3 Å². The van der Waals surface area contributed by atoms with Crippen molar-refractivity contribution in [2.24, 2.45) is 11.3 Å². The van der Waals surface area contributed by atoms with E-state index in [1.165, 1.54) is 0 Å². The molecule has 2 nitrogen and oxygen atoms in total. The standard InChI is InChI=1S/C11H16O2/c1-4-11(3)7-8(2)5-6-9(11)10(12)13/h5-7,9H,4H2,1-3H3,(H,12,13). The van der Waals surface area contributed by atoms with Gasteiger partial charge in [0.25, 0.3) is 0 Å². The first-order chi connectivity index (χ1) is 5.99. The van der Waals surface area contributed by atoms with Crippen LogP contribution in [0.1, 0.15) is 27.2 Å². The van der Waals surface area contributed by atoms with Crippen molar-refractivity contribution < 1.29 is 9.90 Å². The van der Waals surface area contributed by atoms with Gasteiger partial charge >= 0.3 is 5.97 Å². The van der Waals surface area contributed by atoms with Crippen molar-refractivity contribution in [3.8, 4) is 0 Å². The fraction of sp³-hybridized carbons (Fsp3) is 0.545. The number of aliphatic carboxylic acids is 1. The van der Waals surface area contributed by atoms with Crippen LogP contribution in [-0.2, 0) is 4.79 Å². The summed E-state index contributed by atoms with van der Waals surface area (Å²) in [6, 6.07) is 0. The van der Waals surface area contributed by atoms with E-state index < -0.39 is 5.97 Å². The molecule has 2 unspecified atom stereocenters. The minimum atomic E-state index is -0.732. The molecule has 0 aromatic heterocycles. The lowest BCUT2D eigenvalue weighted by Gasteiger charge is -2.32. The van der Waals surface area contributed by atoms with Gasteiger partial charge < -0.3 is 5.11 Å². The highest BCUT2D eigenvalue weighted by molar-refractivity contribution is 5.74. The summed E-state index contributed by atoms with van der Waals surface area (Å²) in [5.74, 6) is -1.11. The molecule has 72 valence electrons. The Kier molecular flexibility index (Phi) is 2.60. The van der Waals surface area contributed by atoms with E-state index in [9.17, 15) is 4.79 Å². The molecule has 0 aromatic carbocycles. The van der Waals surface area contributed by atoms with Crippen LogP contribution in [0.3, 0.4) is 0 Å². The number of carboxylic acids is 1. The van der Waals surface area contributed by atoms with Crippen LogP contribution in [0.5, 0.6) is 0 Å². The summed E-state index contributed by atoms with van der Waals surface area (Å²) in [6.07, 6.45) is 6.59. The van der Waals surface area contributed by atoms with Crippen molar-refractivity contribution in [3.05, 3.63) is 23.8 Å². The molecule has 0 saturated heterocycles. The molecule has 0 fully saturated rings. The average molecular weight is 180 g/mol. The van der Waals surface area contributed by atoms with Gasteiger partial charge in [-0.15, -0.1) is 0 Å². The predicted octanol–water partition coefficient (Wildman–Crippen LogP) is 2.62. The second-order valence-corrected chi connectivity index (χ2v) is 3.92. The molecule has 13 heavy (non-hydrogen) atoms. The van der Waals surface area contributed by atoms with Crippen molar-refractivity contribution in [3.63, 3.8) is 0 Å². The Morgan fingerprint density at radius 2 is 2.31 bits per heavy atom. The van der Waals surface area contributed by atoms with E-state index in [4.69, 9.17) is 5.11 Å². The summed E-state index contributed by atoms with van der Waals surface area (Å²) < 4.78 is 0. The van der Waals surface area contributed by atoms with Crippen LogP contribution in [0.2, 0.25) is 0 Å². The van der Waals surface area contributed by atoms with Crippen LogP contribution in [-0.4, -0.2) is 11.1 Å². The third-order valence-corrected chi connectivity index (χ3v) is 2.85. The highest BCUT2D eigenvalue weighted by Gasteiger charge is 2.35. The summed E-state index contributed by atoms with van der Waals surface area (Å²) in [5, 5.41) is 9.01. The van der Waals surface area contributed by atoms with Gasteiger partial charge in [-0.2, -0.15) is 0 Å². The minimum absolute atomic E-state index is 0.218. The van der Waals surface area contributed by atoms with Crippen LogP contribution in [0, 0.1) is 11.3 Å². The number of hydrogen-bond donors (Lipinski definition) is 1. The molecule has 1 aliphatic carbocycles. The van der Waals surface area contributed by atoms with Crippen molar-refractivity contribution in [1.82, 2.24) is 0 Å². The van der Waals surface area contributed by atoms with Gasteiger partial charge in [0.05, 0.1) is 5.92 Å². The summed E-state index contributed by atoms with van der Waals surface area (Å²) in [7, 11) is 0. The van der Waals surface area contributed by atoms with E-state index in [2.05, 4.69) is 6.08 Å². The molecule has 0 amide bonds. The van der Waals surface area contributed by atoms with E-state index in [0.29, 0.717) is 0 Å². The number of hydrogen-bond acceptors (Lipinski definition) is 1. The van der Waals surface area contributed by atoms with Crippen molar-refractivity contribution in [2.45, 2.75) is 27.2 Å². The number of carbonyl (C=O) groups is 1. The Bertz CT molecular complexity index is 276. The maximum absolute atomic E-state index is 11.0. The topological polar surface area (TPSA) is 37.3 Å². The molecule has 1 N–H and O–H groups in total. The molecule has 0 heterocycles. The second-order valence-electron chi connectivity index (χ2n) is 3.92. The third kappa shape index (κ3) is 1.82. The van der Waals surface area contributed by atoms with Gasteiger partial charge in [0.15, 0.2) is 0 Å². The lowest BCUT2D eigenvalue weighted by molar-refractivity contribution is -0.143. The van der Waals surface area contributed by atoms with Gasteiger partial charge in [0.1, 0.15) is 0 Å². The highest BCUT2D eigenvalue weighted by atomic mass is 16.4. The van der Waals surface area contributed by atoms with E-state index in [1.807, 2.05) is 26.8 Å². The van der Waals surface area contributed by atoms with Gasteiger partial charge in [0, 0.05) is 5.41 Å². The maximum atomic E-state index is 11.0. The molecule has 1 rings (SSSR count). The Balaban J connectivity index is 3.01. The normalized spacial score (nSPS) is 32.8. The van der Waals surface area contributed by atoms with Gasteiger partial charge in [-0.25, -0.2) is 0 Å². The molecule has 0 aromatic rings. The SMILES string of the molecule is CCC1(C)C=C(C)C=CC1C(=O)O. The predicted molar refractivity (Wildman–Crippen MR) is 52.4 cm³/mol. The molecule has 1 aliphatic rings. The smallest absolute Gasteiger partial charge is 0.311 e. The van der Waals surface area contributed by atoms with Crippen molar-refractivity contribution >= 4 is 5.97 Å². The fourth-order valence-electron chi connectivity index (χ4n) is 1.81. The quantitative estimate of drug-likeness (QED) is 0.709. The molecule has 0 spiro atoms. The first-order valence-electron chi connectivity index (χ1n) is 4.60. The Morgan fingerprint density at radius 3 is 2.77 bits per heavy atom. The Labute approximate surface area is 79.0 Å². The summed E-state index contributed by atoms with van der Waals surface area (Å²) in [5.41, 5.74) is 0.937. The van der Waals surface area contributed by atoms with Crippen molar-refractivity contribution in [2.75, 3.05) is 0 Å². The zero-order chi connectivity index (χ0) is 10.1. The fourth-order valence-corrected chi connectivity index (χ4v) is 1.81. The van der Waals surface area contributed by atoms with Gasteiger partial charge in [-0.1, -0.05) is 37.6 Å². The zero-order valence-electron chi connectivity index (χ0n) is 8.37. The summed E-state index contributed by atoms with van der Waals surface area (Å²) in [6.45, 7) is 6.03. The minimum Gasteiger partial charge on any atom is -0.481 e. The molecule has 0 radical (unpaired) electrons. The summed E-state index contributed by atoms with van der Waals surface area (Å²) >= 11 is 0. The second kappa shape index (κ2) is 3.36. The first-order valence-corrected chi connectivity index (χ1v) is 4.60. The number of carboxylic acid groups (broad SMARTS) is 1. The molecular weight excluding hydrogens is 164 g/mol. The molecular formula is C11H16O2. The van der Waals surface area contributed by atoms with Crippen LogP contribution in [0.4, 0.5) is 0 Å². The average Bonchev–Trinajstić information content (AvgIpc) is 2.03. The van der Waals surface area contributed by atoms with Crippen LogP contribution in [0.25, 0.3) is 0 Å². The van der Waals surface area contributed by atoms with Crippen molar-refractivity contribution in [1.29, 1.82) is 0 Å². The van der Waals surface area contributed by atoms with E-state index in [0.717, 1.165) is 12.0 Å². The largest absolute Gasteiger partial charge is 0.481 e. The van der Waals surface area contributed by atoms with Crippen LogP contribution < -0.4 is 0 Å². The highest BCUT2D eigenvalue weighted by Crippen LogP contribution is 2.38. The molecule has 2 heteroatoms. The van der Waals surface area contributed by atoms with Crippen LogP contribution in [0.15, 0.2) is 23.8 Å². The Morgan fingerprint density at radius 1 is 1.69 bits per heavy atom. The first kappa shape index (κ1) is 10.0. The molecule has 0 aliphatic heterocycles. The van der Waals surface area contributed by atoms with Gasteiger partial charge in [-0.3, -0.25) is 4.79 Å². The van der Waals surface area contributed by atoms with Crippen LogP contribution >= 0.6 is 0 Å². The molecule has 0 saturated carbocycles. The number of rotatable bonds is 2. The summed E-state index contributed by atoms with van der Waals surface area (Å²) in [4.78, 5) is 11.0. The maximum Gasteiger partial charge on any atom is 0.311 e. The lowest BCUT2D eigenvalue weighted by atomic mass is 9.71. The van der Waals surface area contributed by atoms with E-state index in [1.54, 1.807) is 6.08 Å². The zero-order valence-corrected chi connectivity index (χ0v) is 8.37. The van der Waals surface area contributed by atoms with Gasteiger partial charge in [0.2, 0.25) is 0 Å². The third-order valence-electron chi connectivity index (χ3n) is 2.85. The van der Waals surface area contributed by atoms with Gasteiger partial charge in [-0.05, 0) is 13.3 Å². The lowest BCUT2D eigenvalue weighted by Crippen LogP contribution is -2.31. The van der Waals surface area contributed by atoms with E-state index >= 15 is 0 Å². The number of allylic oxidation sites excluding steroid dienone is 3.